The lowest BCUT2D eigenvalue weighted by Gasteiger charge is -2.35. The second-order valence-electron chi connectivity index (χ2n) is 8.84. The Labute approximate surface area is 181 Å². The molecule has 0 unspecified atom stereocenters. The molecule has 4 rings (SSSR count). The molecule has 0 bridgehead atoms. The smallest absolute Gasteiger partial charge is 0.248 e. The van der Waals surface area contributed by atoms with Crippen LogP contribution in [0.15, 0.2) is 12.1 Å². The number of rotatable bonds is 4. The summed E-state index contributed by atoms with van der Waals surface area (Å²) in [5.74, 6) is -0.120. The maximum atomic E-state index is 13.6. The lowest BCUT2D eigenvalue weighted by Crippen LogP contribution is -2.48. The number of hydrogen-bond acceptors (Lipinski definition) is 5. The Kier molecular flexibility index (Phi) is 5.94. The van der Waals surface area contributed by atoms with Crippen molar-refractivity contribution in [3.63, 3.8) is 0 Å². The maximum Gasteiger partial charge on any atom is 0.248 e. The molecular formula is C22H30F2N6O. The van der Waals surface area contributed by atoms with Gasteiger partial charge in [-0.25, -0.2) is 23.4 Å². The van der Waals surface area contributed by atoms with Crippen molar-refractivity contribution >= 4 is 11.7 Å². The summed E-state index contributed by atoms with van der Waals surface area (Å²) >= 11 is 0. The Morgan fingerprint density at radius 3 is 2.29 bits per heavy atom. The topological polar surface area (TPSA) is 67.2 Å². The Bertz CT molecular complexity index is 941. The van der Waals surface area contributed by atoms with Gasteiger partial charge in [0, 0.05) is 64.1 Å². The fourth-order valence-corrected chi connectivity index (χ4v) is 4.50. The summed E-state index contributed by atoms with van der Waals surface area (Å²) in [5, 5.41) is 4.56. The predicted octanol–water partition coefficient (Wildman–Crippen LogP) is 3.32. The molecule has 0 spiro atoms. The van der Waals surface area contributed by atoms with Crippen molar-refractivity contribution in [2.75, 3.05) is 31.1 Å². The first-order valence-electron chi connectivity index (χ1n) is 11.0. The molecule has 7 nitrogen and oxygen atoms in total. The number of hydrogen-bond donors (Lipinski definition) is 0. The Hall–Kier alpha value is -2.58. The van der Waals surface area contributed by atoms with Gasteiger partial charge in [0.15, 0.2) is 5.82 Å². The Morgan fingerprint density at radius 1 is 1.06 bits per heavy atom. The maximum absolute atomic E-state index is 13.6. The predicted molar refractivity (Wildman–Crippen MR) is 114 cm³/mol. The van der Waals surface area contributed by atoms with Crippen LogP contribution in [0.4, 0.5) is 14.6 Å². The molecule has 0 aromatic carbocycles. The number of carbonyl (C=O) groups is 1. The number of carbonyl (C=O) groups excluding carboxylic acids is 1. The minimum atomic E-state index is -2.54. The molecule has 3 heterocycles. The third kappa shape index (κ3) is 5.02. The third-order valence-electron chi connectivity index (χ3n) is 6.33. The van der Waals surface area contributed by atoms with E-state index in [1.165, 1.54) is 0 Å². The molecule has 0 radical (unpaired) electrons. The van der Waals surface area contributed by atoms with E-state index in [4.69, 9.17) is 9.97 Å². The van der Waals surface area contributed by atoms with Crippen LogP contribution in [-0.2, 0) is 11.2 Å². The van der Waals surface area contributed by atoms with E-state index < -0.39 is 5.92 Å². The number of aryl methyl sites for hydroxylation is 2. The summed E-state index contributed by atoms with van der Waals surface area (Å²) in [5.41, 5.74) is 1.88. The molecule has 1 aliphatic heterocycles. The van der Waals surface area contributed by atoms with Crippen LogP contribution in [0.2, 0.25) is 0 Å². The van der Waals surface area contributed by atoms with E-state index in [9.17, 15) is 13.6 Å². The normalized spacial score (nSPS) is 19.6. The first kappa shape index (κ1) is 21.6. The zero-order chi connectivity index (χ0) is 22.2. The molecule has 0 atom stereocenters. The highest BCUT2D eigenvalue weighted by Gasteiger charge is 2.35. The standard InChI is InChI=1S/C22H30F2N6O/c1-15-12-16(2)30(27-15)21-14-20(29-10-8-28(9-11-29)17(3)31)25-19(26-21)13-18-4-6-22(23,24)7-5-18/h12,14,18H,4-11,13H2,1-3H3. The molecule has 31 heavy (non-hydrogen) atoms. The van der Waals surface area contributed by atoms with Gasteiger partial charge >= 0.3 is 0 Å². The second kappa shape index (κ2) is 8.51. The first-order chi connectivity index (χ1) is 14.7. The molecule has 1 saturated heterocycles. The molecule has 1 amide bonds. The summed E-state index contributed by atoms with van der Waals surface area (Å²) in [6, 6.07) is 3.93. The van der Waals surface area contributed by atoms with E-state index in [-0.39, 0.29) is 24.7 Å². The fraction of sp³-hybridized carbons (Fsp3) is 0.636. The Morgan fingerprint density at radius 2 is 1.71 bits per heavy atom. The molecule has 1 saturated carbocycles. The molecule has 1 aliphatic carbocycles. The lowest BCUT2D eigenvalue weighted by molar-refractivity contribution is -0.129. The van der Waals surface area contributed by atoms with E-state index in [0.717, 1.165) is 17.2 Å². The quantitative estimate of drug-likeness (QED) is 0.742. The number of piperazine rings is 1. The highest BCUT2D eigenvalue weighted by Crippen LogP contribution is 2.37. The summed E-state index contributed by atoms with van der Waals surface area (Å²) in [6.45, 7) is 8.22. The molecule has 168 valence electrons. The summed E-state index contributed by atoms with van der Waals surface area (Å²) in [4.78, 5) is 25.2. The molecule has 2 aromatic heterocycles. The van der Waals surface area contributed by atoms with Crippen molar-refractivity contribution in [3.05, 3.63) is 29.3 Å². The van der Waals surface area contributed by atoms with E-state index in [2.05, 4.69) is 10.00 Å². The largest absolute Gasteiger partial charge is 0.353 e. The SMILES string of the molecule is CC(=O)N1CCN(c2cc(-n3nc(C)cc3C)nc(CC3CCC(F)(F)CC3)n2)CC1. The van der Waals surface area contributed by atoms with Crippen LogP contribution < -0.4 is 4.90 Å². The highest BCUT2D eigenvalue weighted by molar-refractivity contribution is 5.73. The van der Waals surface area contributed by atoms with Gasteiger partial charge in [-0.1, -0.05) is 0 Å². The minimum Gasteiger partial charge on any atom is -0.353 e. The molecule has 0 N–H and O–H groups in total. The molecule has 9 heteroatoms. The highest BCUT2D eigenvalue weighted by atomic mass is 19.3. The van der Waals surface area contributed by atoms with Crippen molar-refractivity contribution in [1.29, 1.82) is 0 Å². The lowest BCUT2D eigenvalue weighted by atomic mass is 9.84. The summed E-state index contributed by atoms with van der Waals surface area (Å²) < 4.78 is 28.9. The molecule has 2 aromatic rings. The zero-order valence-corrected chi connectivity index (χ0v) is 18.4. The van der Waals surface area contributed by atoms with Crippen LogP contribution >= 0.6 is 0 Å². The van der Waals surface area contributed by atoms with Crippen molar-refractivity contribution in [3.8, 4) is 5.82 Å². The average Bonchev–Trinajstić information content (AvgIpc) is 3.07. The fourth-order valence-electron chi connectivity index (χ4n) is 4.50. The van der Waals surface area contributed by atoms with Crippen LogP contribution in [0.3, 0.4) is 0 Å². The van der Waals surface area contributed by atoms with Crippen LogP contribution in [-0.4, -0.2) is 62.7 Å². The monoisotopic (exact) mass is 432 g/mol. The van der Waals surface area contributed by atoms with Gasteiger partial charge in [0.2, 0.25) is 11.8 Å². The van der Waals surface area contributed by atoms with Crippen LogP contribution in [0.1, 0.15) is 49.8 Å². The summed E-state index contributed by atoms with van der Waals surface area (Å²) in [6.07, 6.45) is 1.45. The number of aromatic nitrogens is 4. The number of nitrogens with zero attached hydrogens (tertiary/aromatic N) is 6. The molecule has 2 fully saturated rings. The van der Waals surface area contributed by atoms with Gasteiger partial charge in [-0.15, -0.1) is 0 Å². The van der Waals surface area contributed by atoms with Gasteiger partial charge in [0.05, 0.1) is 5.69 Å². The van der Waals surface area contributed by atoms with E-state index in [0.29, 0.717) is 57.1 Å². The van der Waals surface area contributed by atoms with Crippen molar-refractivity contribution in [2.45, 2.75) is 58.8 Å². The number of alkyl halides is 2. The van der Waals surface area contributed by atoms with Crippen molar-refractivity contribution in [2.24, 2.45) is 5.92 Å². The second-order valence-corrected chi connectivity index (χ2v) is 8.84. The minimum absolute atomic E-state index is 0.0608. The molecular weight excluding hydrogens is 402 g/mol. The van der Waals surface area contributed by atoms with Gasteiger partial charge in [0.1, 0.15) is 11.6 Å². The molecule has 2 aliphatic rings. The van der Waals surface area contributed by atoms with Gasteiger partial charge in [-0.3, -0.25) is 4.79 Å². The Balaban J connectivity index is 1.60. The van der Waals surface area contributed by atoms with Gasteiger partial charge in [-0.05, 0) is 38.7 Å². The number of halogens is 2. The average molecular weight is 433 g/mol. The van der Waals surface area contributed by atoms with Crippen LogP contribution in [0, 0.1) is 19.8 Å². The zero-order valence-electron chi connectivity index (χ0n) is 18.4. The van der Waals surface area contributed by atoms with E-state index in [1.807, 2.05) is 35.6 Å². The van der Waals surface area contributed by atoms with Crippen LogP contribution in [0.25, 0.3) is 5.82 Å². The van der Waals surface area contributed by atoms with Crippen molar-refractivity contribution in [1.82, 2.24) is 24.6 Å². The van der Waals surface area contributed by atoms with E-state index in [1.54, 1.807) is 6.92 Å². The van der Waals surface area contributed by atoms with Gasteiger partial charge in [-0.2, -0.15) is 5.10 Å². The van der Waals surface area contributed by atoms with Crippen LogP contribution in [0.5, 0.6) is 0 Å². The number of amides is 1. The van der Waals surface area contributed by atoms with Gasteiger partial charge < -0.3 is 9.80 Å². The summed E-state index contributed by atoms with van der Waals surface area (Å²) in [7, 11) is 0. The third-order valence-corrected chi connectivity index (χ3v) is 6.33. The first-order valence-corrected chi connectivity index (χ1v) is 11.0. The van der Waals surface area contributed by atoms with E-state index >= 15 is 0 Å². The van der Waals surface area contributed by atoms with Gasteiger partial charge in [0.25, 0.3) is 0 Å². The van der Waals surface area contributed by atoms with Crippen molar-refractivity contribution < 1.29 is 13.6 Å². The number of anilines is 1.